The second-order valence-electron chi connectivity index (χ2n) is 5.13. The summed E-state index contributed by atoms with van der Waals surface area (Å²) >= 11 is 3.58. The molecule has 0 radical (unpaired) electrons. The Balaban J connectivity index is 2.66. The van der Waals surface area contributed by atoms with Gasteiger partial charge in [0.25, 0.3) is 0 Å². The van der Waals surface area contributed by atoms with E-state index < -0.39 is 0 Å². The molecule has 0 unspecified atom stereocenters. The zero-order chi connectivity index (χ0) is 13.6. The van der Waals surface area contributed by atoms with Crippen LogP contribution in [0.2, 0.25) is 0 Å². The van der Waals surface area contributed by atoms with Crippen LogP contribution >= 0.6 is 15.9 Å². The van der Waals surface area contributed by atoms with Gasteiger partial charge in [-0.1, -0.05) is 48.0 Å². The molecule has 0 aromatic heterocycles. The van der Waals surface area contributed by atoms with E-state index in [1.165, 1.54) is 5.56 Å². The van der Waals surface area contributed by atoms with Crippen LogP contribution in [0.5, 0.6) is 0 Å². The molecule has 1 aromatic carbocycles. The third-order valence-electron chi connectivity index (χ3n) is 3.84. The van der Waals surface area contributed by atoms with E-state index in [9.17, 15) is 5.11 Å². The van der Waals surface area contributed by atoms with Crippen LogP contribution in [-0.4, -0.2) is 30.2 Å². The quantitative estimate of drug-likeness (QED) is 0.830. The summed E-state index contributed by atoms with van der Waals surface area (Å²) in [6.45, 7) is 6.42. The van der Waals surface area contributed by atoms with Crippen molar-refractivity contribution in [3.8, 4) is 0 Å². The molecule has 102 valence electrons. The third-order valence-corrected chi connectivity index (χ3v) is 4.61. The second kappa shape index (κ2) is 7.27. The summed E-state index contributed by atoms with van der Waals surface area (Å²) < 4.78 is 1.15. The first kappa shape index (κ1) is 15.7. The maximum absolute atomic E-state index is 9.61. The molecule has 0 saturated carbocycles. The fourth-order valence-electron chi connectivity index (χ4n) is 2.29. The maximum atomic E-state index is 9.61. The van der Waals surface area contributed by atoms with Crippen LogP contribution in [0.15, 0.2) is 28.7 Å². The molecule has 1 N–H and O–H groups in total. The van der Waals surface area contributed by atoms with Gasteiger partial charge >= 0.3 is 0 Å². The van der Waals surface area contributed by atoms with Crippen LogP contribution in [0.4, 0.5) is 0 Å². The Morgan fingerprint density at radius 1 is 1.22 bits per heavy atom. The minimum Gasteiger partial charge on any atom is -0.396 e. The lowest BCUT2D eigenvalue weighted by atomic mass is 9.83. The van der Waals surface area contributed by atoms with Crippen molar-refractivity contribution in [2.24, 2.45) is 5.41 Å². The van der Waals surface area contributed by atoms with Gasteiger partial charge in [-0.2, -0.15) is 0 Å². The zero-order valence-electron chi connectivity index (χ0n) is 11.6. The highest BCUT2D eigenvalue weighted by Crippen LogP contribution is 2.27. The van der Waals surface area contributed by atoms with Crippen molar-refractivity contribution in [1.82, 2.24) is 4.90 Å². The van der Waals surface area contributed by atoms with Crippen molar-refractivity contribution >= 4 is 15.9 Å². The van der Waals surface area contributed by atoms with Gasteiger partial charge in [0.05, 0.1) is 0 Å². The molecule has 18 heavy (non-hydrogen) atoms. The van der Waals surface area contributed by atoms with E-state index in [2.05, 4.69) is 59.9 Å². The van der Waals surface area contributed by atoms with Gasteiger partial charge < -0.3 is 10.0 Å². The smallest absolute Gasteiger partial charge is 0.0499 e. The van der Waals surface area contributed by atoms with E-state index in [4.69, 9.17) is 0 Å². The normalized spacial score (nSPS) is 12.1. The topological polar surface area (TPSA) is 23.5 Å². The van der Waals surface area contributed by atoms with Crippen LogP contribution < -0.4 is 0 Å². The van der Waals surface area contributed by atoms with E-state index in [1.54, 1.807) is 0 Å². The largest absolute Gasteiger partial charge is 0.396 e. The Hall–Kier alpha value is -0.380. The van der Waals surface area contributed by atoms with Crippen LogP contribution in [-0.2, 0) is 6.54 Å². The number of halogens is 1. The van der Waals surface area contributed by atoms with Crippen LogP contribution in [0.3, 0.4) is 0 Å². The minimum atomic E-state index is 0.0377. The lowest BCUT2D eigenvalue weighted by Crippen LogP contribution is -2.37. The Bertz CT molecular complexity index is 355. The Morgan fingerprint density at radius 3 is 2.33 bits per heavy atom. The molecule has 2 nitrogen and oxygen atoms in total. The molecule has 0 aliphatic carbocycles. The molecule has 0 heterocycles. The molecular formula is C15H24BrNO. The Morgan fingerprint density at radius 2 is 1.83 bits per heavy atom. The standard InChI is InChI=1S/C15H24BrNO/c1-4-15(5-2,12-18)11-17(3)10-13-8-6-7-9-14(13)16/h6-9,18H,4-5,10-12H2,1-3H3. The van der Waals surface area contributed by atoms with Crippen molar-refractivity contribution in [2.75, 3.05) is 20.2 Å². The van der Waals surface area contributed by atoms with E-state index in [0.717, 1.165) is 30.4 Å². The predicted octanol–water partition coefficient (Wildman–Crippen LogP) is 3.68. The average molecular weight is 314 g/mol. The average Bonchev–Trinajstić information content (AvgIpc) is 2.39. The van der Waals surface area contributed by atoms with Crippen molar-refractivity contribution in [2.45, 2.75) is 33.2 Å². The van der Waals surface area contributed by atoms with E-state index >= 15 is 0 Å². The van der Waals surface area contributed by atoms with Crippen LogP contribution in [0.25, 0.3) is 0 Å². The monoisotopic (exact) mass is 313 g/mol. The van der Waals surface area contributed by atoms with Gasteiger partial charge in [0.1, 0.15) is 0 Å². The Kier molecular flexibility index (Phi) is 6.33. The van der Waals surface area contributed by atoms with Crippen molar-refractivity contribution in [3.05, 3.63) is 34.3 Å². The number of rotatable bonds is 7. The Labute approximate surface area is 119 Å². The molecule has 1 rings (SSSR count). The van der Waals surface area contributed by atoms with E-state index in [0.29, 0.717) is 0 Å². The highest BCUT2D eigenvalue weighted by atomic mass is 79.9. The number of benzene rings is 1. The second-order valence-corrected chi connectivity index (χ2v) is 5.98. The molecule has 0 aliphatic rings. The van der Waals surface area contributed by atoms with Gasteiger partial charge in [0, 0.05) is 29.6 Å². The number of nitrogens with zero attached hydrogens (tertiary/aromatic N) is 1. The first-order valence-corrected chi connectivity index (χ1v) is 7.39. The summed E-state index contributed by atoms with van der Waals surface area (Å²) in [4.78, 5) is 2.29. The van der Waals surface area contributed by atoms with Gasteiger partial charge in [-0.15, -0.1) is 0 Å². The van der Waals surface area contributed by atoms with Gasteiger partial charge in [0.15, 0.2) is 0 Å². The van der Waals surface area contributed by atoms with Gasteiger partial charge in [-0.05, 0) is 31.5 Å². The van der Waals surface area contributed by atoms with Crippen molar-refractivity contribution in [3.63, 3.8) is 0 Å². The SMILES string of the molecule is CCC(CC)(CO)CN(C)Cc1ccccc1Br. The van der Waals surface area contributed by atoms with Gasteiger partial charge in [0.2, 0.25) is 0 Å². The lowest BCUT2D eigenvalue weighted by Gasteiger charge is -2.34. The summed E-state index contributed by atoms with van der Waals surface area (Å²) in [5.74, 6) is 0. The molecule has 0 saturated heterocycles. The van der Waals surface area contributed by atoms with Crippen LogP contribution in [0, 0.1) is 5.41 Å². The van der Waals surface area contributed by atoms with Crippen LogP contribution in [0.1, 0.15) is 32.3 Å². The summed E-state index contributed by atoms with van der Waals surface area (Å²) in [5, 5.41) is 9.61. The zero-order valence-corrected chi connectivity index (χ0v) is 13.2. The number of aliphatic hydroxyl groups excluding tert-OH is 1. The summed E-state index contributed by atoms with van der Waals surface area (Å²) in [7, 11) is 2.12. The number of hydrogen-bond donors (Lipinski definition) is 1. The minimum absolute atomic E-state index is 0.0377. The molecular weight excluding hydrogens is 290 g/mol. The van der Waals surface area contributed by atoms with Gasteiger partial charge in [-0.25, -0.2) is 0 Å². The molecule has 0 amide bonds. The first-order valence-electron chi connectivity index (χ1n) is 6.59. The molecule has 0 fully saturated rings. The van der Waals surface area contributed by atoms with E-state index in [-0.39, 0.29) is 12.0 Å². The lowest BCUT2D eigenvalue weighted by molar-refractivity contribution is 0.0730. The number of hydrogen-bond acceptors (Lipinski definition) is 2. The highest BCUT2D eigenvalue weighted by molar-refractivity contribution is 9.10. The molecule has 1 aromatic rings. The molecule has 0 atom stereocenters. The summed E-state index contributed by atoms with van der Waals surface area (Å²) in [5.41, 5.74) is 1.33. The first-order chi connectivity index (χ1) is 8.56. The summed E-state index contributed by atoms with van der Waals surface area (Å²) in [6.07, 6.45) is 2.03. The highest BCUT2D eigenvalue weighted by Gasteiger charge is 2.26. The molecule has 0 bridgehead atoms. The summed E-state index contributed by atoms with van der Waals surface area (Å²) in [6, 6.07) is 8.30. The number of aliphatic hydroxyl groups is 1. The predicted molar refractivity (Wildman–Crippen MR) is 80.6 cm³/mol. The third kappa shape index (κ3) is 4.08. The fourth-order valence-corrected chi connectivity index (χ4v) is 2.70. The fraction of sp³-hybridized carbons (Fsp3) is 0.600. The van der Waals surface area contributed by atoms with E-state index in [1.807, 2.05) is 6.07 Å². The molecule has 0 aliphatic heterocycles. The van der Waals surface area contributed by atoms with Crippen molar-refractivity contribution in [1.29, 1.82) is 0 Å². The molecule has 0 spiro atoms. The maximum Gasteiger partial charge on any atom is 0.0499 e. The van der Waals surface area contributed by atoms with Gasteiger partial charge in [-0.3, -0.25) is 0 Å². The van der Waals surface area contributed by atoms with Crippen molar-refractivity contribution < 1.29 is 5.11 Å². The molecule has 3 heteroatoms.